The Bertz CT molecular complexity index is 1150. The summed E-state index contributed by atoms with van der Waals surface area (Å²) < 4.78 is 41.4. The van der Waals surface area contributed by atoms with Crippen LogP contribution >= 0.6 is 0 Å². The maximum Gasteiger partial charge on any atom is 0.261 e. The average Bonchev–Trinajstić information content (AvgIpc) is 2.69. The first kappa shape index (κ1) is 20.5. The highest BCUT2D eigenvalue weighted by atomic mass is 32.2. The molecule has 3 aromatic carbocycles. The van der Waals surface area contributed by atoms with E-state index >= 15 is 0 Å². The number of carbonyl (C=O) groups is 1. The smallest absolute Gasteiger partial charge is 0.261 e. The Balaban J connectivity index is 1.81. The van der Waals surface area contributed by atoms with Gasteiger partial charge in [0.05, 0.1) is 10.6 Å². The van der Waals surface area contributed by atoms with Crippen molar-refractivity contribution in [2.75, 3.05) is 11.8 Å². The molecule has 0 aromatic heterocycles. The first-order valence-corrected chi connectivity index (χ1v) is 10.4. The number of sulfonamides is 1. The molecule has 1 amide bonds. The van der Waals surface area contributed by atoms with E-state index in [0.717, 1.165) is 5.56 Å². The maximum absolute atomic E-state index is 13.4. The van der Waals surface area contributed by atoms with Gasteiger partial charge in [0.1, 0.15) is 5.82 Å². The van der Waals surface area contributed by atoms with Crippen LogP contribution in [0.5, 0.6) is 0 Å². The minimum Gasteiger partial charge on any atom is -0.337 e. The van der Waals surface area contributed by atoms with Gasteiger partial charge in [-0.05, 0) is 54.4 Å². The number of carbonyl (C=O) groups excluding carboxylic acids is 1. The van der Waals surface area contributed by atoms with E-state index in [1.807, 2.05) is 6.07 Å². The number of nitrogens with zero attached hydrogens (tertiary/aromatic N) is 1. The first-order valence-electron chi connectivity index (χ1n) is 8.95. The van der Waals surface area contributed by atoms with Crippen LogP contribution in [-0.4, -0.2) is 26.3 Å². The molecule has 3 aromatic rings. The lowest BCUT2D eigenvalue weighted by Gasteiger charge is -2.18. The van der Waals surface area contributed by atoms with E-state index in [1.165, 1.54) is 35.2 Å². The third kappa shape index (κ3) is 5.00. The van der Waals surface area contributed by atoms with Crippen molar-refractivity contribution in [3.8, 4) is 0 Å². The lowest BCUT2D eigenvalue weighted by atomic mass is 10.1. The van der Waals surface area contributed by atoms with E-state index in [-0.39, 0.29) is 28.7 Å². The molecule has 0 aliphatic rings. The van der Waals surface area contributed by atoms with E-state index in [0.29, 0.717) is 11.3 Å². The quantitative estimate of drug-likeness (QED) is 0.660. The molecule has 0 saturated carbocycles. The van der Waals surface area contributed by atoms with Crippen LogP contribution in [0.15, 0.2) is 77.7 Å². The van der Waals surface area contributed by atoms with Crippen LogP contribution in [-0.2, 0) is 16.6 Å². The van der Waals surface area contributed by atoms with Gasteiger partial charge in [-0.25, -0.2) is 12.8 Å². The Morgan fingerprint density at radius 3 is 2.45 bits per heavy atom. The van der Waals surface area contributed by atoms with Crippen LogP contribution < -0.4 is 4.72 Å². The van der Waals surface area contributed by atoms with Crippen molar-refractivity contribution in [1.29, 1.82) is 0 Å². The molecule has 150 valence electrons. The highest BCUT2D eigenvalue weighted by Crippen LogP contribution is 2.20. The molecule has 0 heterocycles. The lowest BCUT2D eigenvalue weighted by Crippen LogP contribution is -2.26. The predicted octanol–water partition coefficient (Wildman–Crippen LogP) is 4.21. The molecule has 0 spiro atoms. The number of aryl methyl sites for hydroxylation is 1. The lowest BCUT2D eigenvalue weighted by molar-refractivity contribution is 0.0784. The summed E-state index contributed by atoms with van der Waals surface area (Å²) in [5.74, 6) is -0.735. The average molecular weight is 412 g/mol. The summed E-state index contributed by atoms with van der Waals surface area (Å²) >= 11 is 0. The van der Waals surface area contributed by atoms with Crippen molar-refractivity contribution in [3.63, 3.8) is 0 Å². The molecule has 5 nitrogen and oxygen atoms in total. The zero-order valence-electron chi connectivity index (χ0n) is 16.1. The first-order chi connectivity index (χ1) is 13.8. The van der Waals surface area contributed by atoms with E-state index in [2.05, 4.69) is 4.72 Å². The van der Waals surface area contributed by atoms with E-state index < -0.39 is 10.0 Å². The SMILES string of the molecule is Cc1ccccc1NS(=O)(=O)c1cccc(C(=O)N(C)Cc2cccc(F)c2)c1. The van der Waals surface area contributed by atoms with Crippen molar-refractivity contribution in [1.82, 2.24) is 4.90 Å². The number of hydrogen-bond acceptors (Lipinski definition) is 3. The van der Waals surface area contributed by atoms with Gasteiger partial charge in [0.2, 0.25) is 0 Å². The molecule has 0 aliphatic carbocycles. The maximum atomic E-state index is 13.4. The number of anilines is 1. The summed E-state index contributed by atoms with van der Waals surface area (Å²) in [6.07, 6.45) is 0. The summed E-state index contributed by atoms with van der Waals surface area (Å²) in [7, 11) is -2.27. The highest BCUT2D eigenvalue weighted by molar-refractivity contribution is 7.92. The van der Waals surface area contributed by atoms with Crippen molar-refractivity contribution in [2.24, 2.45) is 0 Å². The Kier molecular flexibility index (Phi) is 5.98. The van der Waals surface area contributed by atoms with Gasteiger partial charge in [-0.15, -0.1) is 0 Å². The van der Waals surface area contributed by atoms with Gasteiger partial charge in [0.15, 0.2) is 0 Å². The molecule has 29 heavy (non-hydrogen) atoms. The summed E-state index contributed by atoms with van der Waals surface area (Å²) in [5.41, 5.74) is 2.15. The minimum atomic E-state index is -3.85. The van der Waals surface area contributed by atoms with Crippen LogP contribution in [0.3, 0.4) is 0 Å². The van der Waals surface area contributed by atoms with E-state index in [9.17, 15) is 17.6 Å². The standard InChI is InChI=1S/C22H21FN2O3S/c1-16-7-3-4-12-21(16)24-29(27,28)20-11-6-9-18(14-20)22(26)25(2)15-17-8-5-10-19(23)13-17/h3-14,24H,15H2,1-2H3. The van der Waals surface area contributed by atoms with Crippen LogP contribution in [0.4, 0.5) is 10.1 Å². The molecule has 0 saturated heterocycles. The third-order valence-corrected chi connectivity index (χ3v) is 5.80. The van der Waals surface area contributed by atoms with Gasteiger partial charge >= 0.3 is 0 Å². The fourth-order valence-corrected chi connectivity index (χ4v) is 4.06. The molecular weight excluding hydrogens is 391 g/mol. The van der Waals surface area contributed by atoms with E-state index in [1.54, 1.807) is 50.4 Å². The third-order valence-electron chi connectivity index (χ3n) is 4.44. The summed E-state index contributed by atoms with van der Waals surface area (Å²) in [5, 5.41) is 0. The van der Waals surface area contributed by atoms with Gasteiger partial charge < -0.3 is 4.90 Å². The van der Waals surface area contributed by atoms with Crippen LogP contribution in [0, 0.1) is 12.7 Å². The molecular formula is C22H21FN2O3S. The monoisotopic (exact) mass is 412 g/mol. The molecule has 0 atom stereocenters. The Labute approximate surface area is 169 Å². The van der Waals surface area contributed by atoms with Crippen LogP contribution in [0.2, 0.25) is 0 Å². The Morgan fingerprint density at radius 2 is 1.72 bits per heavy atom. The van der Waals surface area contributed by atoms with Gasteiger partial charge in [-0.2, -0.15) is 0 Å². The number of rotatable bonds is 6. The van der Waals surface area contributed by atoms with Crippen LogP contribution in [0.25, 0.3) is 0 Å². The van der Waals surface area contributed by atoms with Crippen molar-refractivity contribution < 1.29 is 17.6 Å². The van der Waals surface area contributed by atoms with Gasteiger partial charge in [0, 0.05) is 19.2 Å². The molecule has 1 N–H and O–H groups in total. The molecule has 0 bridgehead atoms. The molecule has 3 rings (SSSR count). The highest BCUT2D eigenvalue weighted by Gasteiger charge is 2.19. The van der Waals surface area contributed by atoms with Gasteiger partial charge in [0.25, 0.3) is 15.9 Å². The van der Waals surface area contributed by atoms with Gasteiger partial charge in [-0.1, -0.05) is 36.4 Å². The Morgan fingerprint density at radius 1 is 1.00 bits per heavy atom. The number of halogens is 1. The molecule has 7 heteroatoms. The van der Waals surface area contributed by atoms with Crippen LogP contribution in [0.1, 0.15) is 21.5 Å². The largest absolute Gasteiger partial charge is 0.337 e. The van der Waals surface area contributed by atoms with Crippen molar-refractivity contribution in [2.45, 2.75) is 18.4 Å². The van der Waals surface area contributed by atoms with Crippen molar-refractivity contribution in [3.05, 3.63) is 95.3 Å². The number of hydrogen-bond donors (Lipinski definition) is 1. The minimum absolute atomic E-state index is 0.00856. The van der Waals surface area contributed by atoms with Gasteiger partial charge in [-0.3, -0.25) is 9.52 Å². The fourth-order valence-electron chi connectivity index (χ4n) is 2.89. The fraction of sp³-hybridized carbons (Fsp3) is 0.136. The molecule has 0 radical (unpaired) electrons. The molecule has 0 fully saturated rings. The zero-order valence-corrected chi connectivity index (χ0v) is 16.9. The Hall–Kier alpha value is -3.19. The number of benzene rings is 3. The number of amides is 1. The normalized spacial score (nSPS) is 11.1. The second-order valence-electron chi connectivity index (χ2n) is 6.74. The predicted molar refractivity (Wildman–Crippen MR) is 111 cm³/mol. The summed E-state index contributed by atoms with van der Waals surface area (Å²) in [6, 6.07) is 18.9. The number of para-hydroxylation sites is 1. The van der Waals surface area contributed by atoms with E-state index in [4.69, 9.17) is 0 Å². The summed E-state index contributed by atoms with van der Waals surface area (Å²) in [6.45, 7) is 2.01. The second-order valence-corrected chi connectivity index (χ2v) is 8.42. The topological polar surface area (TPSA) is 66.5 Å². The molecule has 0 unspecified atom stereocenters. The zero-order chi connectivity index (χ0) is 21.0. The van der Waals surface area contributed by atoms with Crippen molar-refractivity contribution >= 4 is 21.6 Å². The summed E-state index contributed by atoms with van der Waals surface area (Å²) in [4.78, 5) is 14.1. The second kappa shape index (κ2) is 8.45. The number of nitrogens with one attached hydrogen (secondary N) is 1. The molecule has 0 aliphatic heterocycles.